The smallest absolute Gasteiger partial charge is 0.410 e. The summed E-state index contributed by atoms with van der Waals surface area (Å²) in [6, 6.07) is 0.578. The van der Waals surface area contributed by atoms with E-state index in [4.69, 9.17) is 4.74 Å². The molecule has 2 fully saturated rings. The summed E-state index contributed by atoms with van der Waals surface area (Å²) in [5.74, 6) is 0.376. The summed E-state index contributed by atoms with van der Waals surface area (Å²) < 4.78 is 5.33. The van der Waals surface area contributed by atoms with Gasteiger partial charge in [0.1, 0.15) is 5.60 Å². The minimum absolute atomic E-state index is 0.00360. The lowest BCUT2D eigenvalue weighted by atomic mass is 10.0. The van der Waals surface area contributed by atoms with E-state index in [1.165, 1.54) is 6.42 Å². The summed E-state index contributed by atoms with van der Waals surface area (Å²) in [5.41, 5.74) is -0.459. The largest absolute Gasteiger partial charge is 0.444 e. The van der Waals surface area contributed by atoms with Crippen LogP contribution in [0.15, 0.2) is 0 Å². The summed E-state index contributed by atoms with van der Waals surface area (Å²) >= 11 is 0. The molecule has 0 bridgehead atoms. The van der Waals surface area contributed by atoms with Crippen LogP contribution in [0.4, 0.5) is 4.79 Å². The fourth-order valence-electron chi connectivity index (χ4n) is 3.23. The van der Waals surface area contributed by atoms with E-state index in [9.17, 15) is 14.4 Å². The van der Waals surface area contributed by atoms with Crippen LogP contribution in [0.3, 0.4) is 0 Å². The Morgan fingerprint density at radius 2 is 1.24 bits per heavy atom. The molecule has 3 N–H and O–H groups in total. The van der Waals surface area contributed by atoms with Crippen LogP contribution >= 0.6 is 0 Å². The molecule has 2 saturated heterocycles. The standard InChI is InChI=1S/C14H26N2O3.C9H18N2O.C3H8/c1-10(2)12(17)15-11-6-8-16(9-7-11)13(18)19-14(3,4)5;1-7(2)9(12)11-8-3-5-10-6-4-8;1-3-2/h10-11H,6-9H2,1-5H3,(H,15,17);7-8,10H,3-6H2,1-2H3,(H,11,12);3H2,1-2H3. The maximum atomic E-state index is 11.9. The molecule has 0 radical (unpaired) electrons. The fraction of sp³-hybridized carbons (Fsp3) is 0.885. The molecule has 0 aromatic rings. The molecule has 34 heavy (non-hydrogen) atoms. The molecule has 0 unspecified atom stereocenters. The van der Waals surface area contributed by atoms with Gasteiger partial charge in [0, 0.05) is 37.0 Å². The molecule has 2 rings (SSSR count). The van der Waals surface area contributed by atoms with Crippen LogP contribution in [0.1, 0.15) is 94.4 Å². The van der Waals surface area contributed by atoms with Gasteiger partial charge in [0.25, 0.3) is 0 Å². The second-order valence-corrected chi connectivity index (χ2v) is 10.8. The molecule has 0 saturated carbocycles. The zero-order valence-corrected chi connectivity index (χ0v) is 23.3. The van der Waals surface area contributed by atoms with Gasteiger partial charge in [0.15, 0.2) is 0 Å². The first kappa shape index (κ1) is 32.2. The Morgan fingerprint density at radius 3 is 1.59 bits per heavy atom. The van der Waals surface area contributed by atoms with Crippen LogP contribution in [-0.4, -0.2) is 66.7 Å². The highest BCUT2D eigenvalue weighted by Crippen LogP contribution is 2.15. The third-order valence-electron chi connectivity index (χ3n) is 5.23. The van der Waals surface area contributed by atoms with E-state index in [0.717, 1.165) is 38.8 Å². The van der Waals surface area contributed by atoms with Crippen LogP contribution in [0.25, 0.3) is 0 Å². The van der Waals surface area contributed by atoms with Crippen molar-refractivity contribution in [3.05, 3.63) is 0 Å². The van der Waals surface area contributed by atoms with Crippen molar-refractivity contribution < 1.29 is 19.1 Å². The van der Waals surface area contributed by atoms with Gasteiger partial charge in [-0.25, -0.2) is 4.79 Å². The summed E-state index contributed by atoms with van der Waals surface area (Å²) in [5, 5.41) is 9.31. The molecular formula is C26H52N4O4. The number of ether oxygens (including phenoxy) is 1. The van der Waals surface area contributed by atoms with Crippen LogP contribution in [-0.2, 0) is 14.3 Å². The Balaban J connectivity index is 0.000000619. The van der Waals surface area contributed by atoms with Crippen molar-refractivity contribution in [2.24, 2.45) is 11.8 Å². The van der Waals surface area contributed by atoms with E-state index in [1.807, 2.05) is 48.5 Å². The summed E-state index contributed by atoms with van der Waals surface area (Å²) in [4.78, 5) is 36.5. The molecule has 2 aliphatic rings. The van der Waals surface area contributed by atoms with Gasteiger partial charge in [0.05, 0.1) is 0 Å². The Morgan fingerprint density at radius 1 is 0.853 bits per heavy atom. The second kappa shape index (κ2) is 16.7. The molecule has 8 nitrogen and oxygen atoms in total. The van der Waals surface area contributed by atoms with Crippen molar-refractivity contribution in [2.75, 3.05) is 26.2 Å². The van der Waals surface area contributed by atoms with Crippen molar-refractivity contribution in [1.29, 1.82) is 0 Å². The predicted molar refractivity (Wildman–Crippen MR) is 139 cm³/mol. The molecule has 3 amide bonds. The maximum Gasteiger partial charge on any atom is 0.410 e. The lowest BCUT2D eigenvalue weighted by molar-refractivity contribution is -0.125. The van der Waals surface area contributed by atoms with Gasteiger partial charge < -0.3 is 25.6 Å². The van der Waals surface area contributed by atoms with Crippen molar-refractivity contribution in [2.45, 2.75) is 112 Å². The van der Waals surface area contributed by atoms with Crippen LogP contribution < -0.4 is 16.0 Å². The van der Waals surface area contributed by atoms with Gasteiger partial charge in [-0.15, -0.1) is 0 Å². The number of nitrogens with zero attached hydrogens (tertiary/aromatic N) is 1. The SMILES string of the molecule is CC(C)C(=O)NC1CCN(C(=O)OC(C)(C)C)CC1.CC(C)C(=O)NC1CCNCC1.CCC. The number of hydrogen-bond acceptors (Lipinski definition) is 5. The Kier molecular flexibility index (Phi) is 15.8. The number of nitrogens with one attached hydrogen (secondary N) is 3. The van der Waals surface area contributed by atoms with Gasteiger partial charge >= 0.3 is 6.09 Å². The van der Waals surface area contributed by atoms with Crippen molar-refractivity contribution in [1.82, 2.24) is 20.9 Å². The number of rotatable bonds is 4. The molecule has 0 atom stereocenters. The van der Waals surface area contributed by atoms with Crippen molar-refractivity contribution in [3.63, 3.8) is 0 Å². The monoisotopic (exact) mass is 484 g/mol. The Labute approximate surface area is 208 Å². The van der Waals surface area contributed by atoms with Crippen LogP contribution in [0.5, 0.6) is 0 Å². The van der Waals surface area contributed by atoms with E-state index >= 15 is 0 Å². The quantitative estimate of drug-likeness (QED) is 0.558. The van der Waals surface area contributed by atoms with E-state index in [2.05, 4.69) is 29.8 Å². The first-order valence-corrected chi connectivity index (χ1v) is 13.1. The average molecular weight is 485 g/mol. The van der Waals surface area contributed by atoms with Gasteiger partial charge in [-0.1, -0.05) is 48.0 Å². The highest BCUT2D eigenvalue weighted by molar-refractivity contribution is 5.78. The first-order valence-electron chi connectivity index (χ1n) is 13.1. The molecule has 0 aromatic heterocycles. The zero-order chi connectivity index (χ0) is 26.3. The van der Waals surface area contributed by atoms with E-state index in [-0.39, 0.29) is 35.8 Å². The molecule has 0 aliphatic carbocycles. The molecule has 2 heterocycles. The van der Waals surface area contributed by atoms with Crippen LogP contribution in [0, 0.1) is 11.8 Å². The summed E-state index contributed by atoms with van der Waals surface area (Å²) in [6.45, 7) is 20.8. The summed E-state index contributed by atoms with van der Waals surface area (Å²) in [7, 11) is 0. The van der Waals surface area contributed by atoms with Gasteiger partial charge in [0.2, 0.25) is 11.8 Å². The molecule has 0 spiro atoms. The normalized spacial score (nSPS) is 17.2. The number of hydrogen-bond donors (Lipinski definition) is 3. The number of amides is 3. The summed E-state index contributed by atoms with van der Waals surface area (Å²) in [6.07, 6.45) is 4.70. The topological polar surface area (TPSA) is 99.8 Å². The van der Waals surface area contributed by atoms with Gasteiger partial charge in [-0.3, -0.25) is 9.59 Å². The number of piperidine rings is 2. The Bertz CT molecular complexity index is 588. The molecule has 200 valence electrons. The highest BCUT2D eigenvalue weighted by Gasteiger charge is 2.27. The third kappa shape index (κ3) is 15.1. The fourth-order valence-corrected chi connectivity index (χ4v) is 3.23. The predicted octanol–water partition coefficient (Wildman–Crippen LogP) is 4.09. The minimum Gasteiger partial charge on any atom is -0.444 e. The molecule has 8 heteroatoms. The second-order valence-electron chi connectivity index (χ2n) is 10.8. The average Bonchev–Trinajstić information content (AvgIpc) is 2.74. The lowest BCUT2D eigenvalue weighted by Crippen LogP contribution is -2.48. The zero-order valence-electron chi connectivity index (χ0n) is 23.3. The van der Waals surface area contributed by atoms with Crippen LogP contribution in [0.2, 0.25) is 0 Å². The van der Waals surface area contributed by atoms with Crippen molar-refractivity contribution in [3.8, 4) is 0 Å². The third-order valence-corrected chi connectivity index (χ3v) is 5.23. The van der Waals surface area contributed by atoms with Gasteiger partial charge in [-0.05, 0) is 59.5 Å². The number of carbonyl (C=O) groups excluding carboxylic acids is 3. The van der Waals surface area contributed by atoms with E-state index < -0.39 is 5.60 Å². The van der Waals surface area contributed by atoms with E-state index in [1.54, 1.807) is 4.90 Å². The molecule has 0 aromatic carbocycles. The number of likely N-dealkylation sites (tertiary alicyclic amines) is 1. The number of carbonyl (C=O) groups is 3. The highest BCUT2D eigenvalue weighted by atomic mass is 16.6. The Hall–Kier alpha value is -1.83. The maximum absolute atomic E-state index is 11.9. The lowest BCUT2D eigenvalue weighted by Gasteiger charge is -2.33. The molecular weight excluding hydrogens is 432 g/mol. The first-order chi connectivity index (χ1) is 15.8. The minimum atomic E-state index is -0.459. The van der Waals surface area contributed by atoms with E-state index in [0.29, 0.717) is 19.1 Å². The molecule has 2 aliphatic heterocycles. The van der Waals surface area contributed by atoms with Crippen molar-refractivity contribution >= 4 is 17.9 Å². The van der Waals surface area contributed by atoms with Gasteiger partial charge in [-0.2, -0.15) is 0 Å².